The molecule has 126 valence electrons. The molecular formula is C20H16BrNO3. The van der Waals surface area contributed by atoms with E-state index in [4.69, 9.17) is 9.47 Å². The molecule has 2 heterocycles. The molecule has 0 unspecified atom stereocenters. The molecule has 0 saturated heterocycles. The molecule has 2 aliphatic heterocycles. The van der Waals surface area contributed by atoms with Gasteiger partial charge in [0.25, 0.3) is 0 Å². The first-order valence-electron chi connectivity index (χ1n) is 8.43. The molecule has 1 N–H and O–H groups in total. The van der Waals surface area contributed by atoms with Crippen molar-refractivity contribution in [3.05, 3.63) is 63.3 Å². The number of hydrogen-bond acceptors (Lipinski definition) is 4. The maximum atomic E-state index is 12.8. The van der Waals surface area contributed by atoms with Gasteiger partial charge in [0.15, 0.2) is 17.3 Å². The van der Waals surface area contributed by atoms with Crippen LogP contribution in [0.3, 0.4) is 0 Å². The van der Waals surface area contributed by atoms with Gasteiger partial charge in [-0.15, -0.1) is 0 Å². The van der Waals surface area contributed by atoms with Crippen LogP contribution in [0.25, 0.3) is 0 Å². The van der Waals surface area contributed by atoms with Gasteiger partial charge in [0.1, 0.15) is 0 Å². The summed E-state index contributed by atoms with van der Waals surface area (Å²) in [6.45, 7) is 0.243. The summed E-state index contributed by atoms with van der Waals surface area (Å²) in [5.41, 5.74) is 5.15. The monoisotopic (exact) mass is 397 g/mol. The highest BCUT2D eigenvalue weighted by Gasteiger charge is 2.36. The number of allylic oxidation sites excluding steroid dienone is 2. The van der Waals surface area contributed by atoms with Crippen LogP contribution in [0.5, 0.6) is 11.5 Å². The van der Waals surface area contributed by atoms with Crippen molar-refractivity contribution in [2.24, 2.45) is 0 Å². The summed E-state index contributed by atoms with van der Waals surface area (Å²) in [5, 5.41) is 3.48. The lowest BCUT2D eigenvalue weighted by Gasteiger charge is -2.34. The number of benzene rings is 2. The lowest BCUT2D eigenvalue weighted by molar-refractivity contribution is -0.116. The summed E-state index contributed by atoms with van der Waals surface area (Å²) in [6.07, 6.45) is 2.42. The number of ether oxygens (including phenoxy) is 2. The zero-order chi connectivity index (χ0) is 17.0. The van der Waals surface area contributed by atoms with E-state index < -0.39 is 0 Å². The third kappa shape index (κ3) is 2.37. The number of rotatable bonds is 1. The predicted octanol–water partition coefficient (Wildman–Crippen LogP) is 4.74. The van der Waals surface area contributed by atoms with Crippen LogP contribution in [0.4, 0.5) is 5.69 Å². The van der Waals surface area contributed by atoms with E-state index in [0.717, 1.165) is 56.9 Å². The zero-order valence-electron chi connectivity index (χ0n) is 13.5. The van der Waals surface area contributed by atoms with Gasteiger partial charge in [-0.3, -0.25) is 4.79 Å². The number of anilines is 1. The first-order chi connectivity index (χ1) is 12.2. The number of halogens is 1. The highest BCUT2D eigenvalue weighted by atomic mass is 79.9. The van der Waals surface area contributed by atoms with Crippen LogP contribution in [0.15, 0.2) is 52.1 Å². The van der Waals surface area contributed by atoms with Crippen LogP contribution >= 0.6 is 15.9 Å². The first-order valence-corrected chi connectivity index (χ1v) is 9.22. The van der Waals surface area contributed by atoms with E-state index in [0.29, 0.717) is 6.42 Å². The van der Waals surface area contributed by atoms with E-state index in [1.807, 2.05) is 24.3 Å². The Balaban J connectivity index is 1.73. The molecule has 25 heavy (non-hydrogen) atoms. The Bertz CT molecular complexity index is 917. The fourth-order valence-electron chi connectivity index (χ4n) is 3.95. The highest BCUT2D eigenvalue weighted by Crippen LogP contribution is 2.49. The number of nitrogens with one attached hydrogen (secondary N) is 1. The van der Waals surface area contributed by atoms with Gasteiger partial charge >= 0.3 is 0 Å². The average molecular weight is 398 g/mol. The standard InChI is InChI=1S/C20H16BrNO3/c21-12-6-4-11(5-7-12)19-13-8-17-18(25-10-24-17)9-15(13)22-14-2-1-3-16(23)20(14)19/h4-9,19,22H,1-3,10H2/t19-/m1/s1. The van der Waals surface area contributed by atoms with Gasteiger partial charge < -0.3 is 14.8 Å². The van der Waals surface area contributed by atoms with Crippen molar-refractivity contribution in [3.63, 3.8) is 0 Å². The number of ketones is 1. The van der Waals surface area contributed by atoms with Crippen LogP contribution in [0.1, 0.15) is 36.3 Å². The van der Waals surface area contributed by atoms with Gasteiger partial charge in [0.2, 0.25) is 6.79 Å². The maximum absolute atomic E-state index is 12.8. The molecule has 1 aliphatic carbocycles. The summed E-state index contributed by atoms with van der Waals surface area (Å²) in [5.74, 6) is 1.67. The van der Waals surface area contributed by atoms with Crippen LogP contribution < -0.4 is 14.8 Å². The molecule has 5 heteroatoms. The second-order valence-corrected chi connectivity index (χ2v) is 7.49. The molecule has 0 radical (unpaired) electrons. The van der Waals surface area contributed by atoms with E-state index in [1.165, 1.54) is 0 Å². The summed E-state index contributed by atoms with van der Waals surface area (Å²) in [7, 11) is 0. The fourth-order valence-corrected chi connectivity index (χ4v) is 4.22. The van der Waals surface area contributed by atoms with Crippen LogP contribution in [-0.4, -0.2) is 12.6 Å². The van der Waals surface area contributed by atoms with Crippen molar-refractivity contribution in [2.45, 2.75) is 25.2 Å². The highest BCUT2D eigenvalue weighted by molar-refractivity contribution is 9.10. The lowest BCUT2D eigenvalue weighted by Crippen LogP contribution is -2.26. The number of Topliss-reactive ketones (excluding diaryl/α,β-unsaturated/α-hetero) is 1. The molecule has 1 atom stereocenters. The van der Waals surface area contributed by atoms with E-state index in [-0.39, 0.29) is 18.5 Å². The van der Waals surface area contributed by atoms with E-state index in [9.17, 15) is 4.79 Å². The van der Waals surface area contributed by atoms with Gasteiger partial charge in [0, 0.05) is 39.8 Å². The Labute approximate surface area is 154 Å². The summed E-state index contributed by atoms with van der Waals surface area (Å²) in [4.78, 5) is 12.8. The smallest absolute Gasteiger partial charge is 0.231 e. The minimum Gasteiger partial charge on any atom is -0.454 e. The number of carbonyl (C=O) groups excluding carboxylic acids is 1. The molecule has 0 spiro atoms. The second-order valence-electron chi connectivity index (χ2n) is 6.57. The largest absolute Gasteiger partial charge is 0.454 e. The molecule has 0 amide bonds. The van der Waals surface area contributed by atoms with Crippen molar-refractivity contribution in [3.8, 4) is 11.5 Å². The third-order valence-corrected chi connectivity index (χ3v) is 5.62. The predicted molar refractivity (Wildman–Crippen MR) is 98.1 cm³/mol. The summed E-state index contributed by atoms with van der Waals surface area (Å²) in [6, 6.07) is 12.2. The second kappa shape index (κ2) is 5.63. The van der Waals surface area contributed by atoms with Crippen molar-refractivity contribution in [1.29, 1.82) is 0 Å². The van der Waals surface area contributed by atoms with Crippen LogP contribution in [0.2, 0.25) is 0 Å². The summed E-state index contributed by atoms with van der Waals surface area (Å²) >= 11 is 3.49. The fraction of sp³-hybridized carbons (Fsp3) is 0.250. The number of carbonyl (C=O) groups is 1. The number of hydrogen-bond donors (Lipinski definition) is 1. The van der Waals surface area contributed by atoms with Crippen LogP contribution in [0, 0.1) is 0 Å². The molecule has 2 aromatic rings. The van der Waals surface area contributed by atoms with Crippen molar-refractivity contribution < 1.29 is 14.3 Å². The molecular weight excluding hydrogens is 382 g/mol. The van der Waals surface area contributed by atoms with Gasteiger partial charge in [-0.2, -0.15) is 0 Å². The molecule has 5 rings (SSSR count). The normalized spacial score (nSPS) is 20.8. The Hall–Kier alpha value is -2.27. The van der Waals surface area contributed by atoms with Gasteiger partial charge in [-0.1, -0.05) is 28.1 Å². The third-order valence-electron chi connectivity index (χ3n) is 5.09. The molecule has 0 fully saturated rings. The molecule has 0 bridgehead atoms. The van der Waals surface area contributed by atoms with Crippen molar-refractivity contribution >= 4 is 27.4 Å². The Morgan fingerprint density at radius 2 is 1.80 bits per heavy atom. The van der Waals surface area contributed by atoms with Crippen molar-refractivity contribution in [2.75, 3.05) is 12.1 Å². The van der Waals surface area contributed by atoms with Gasteiger partial charge in [-0.25, -0.2) is 0 Å². The lowest BCUT2D eigenvalue weighted by atomic mass is 9.75. The van der Waals surface area contributed by atoms with E-state index in [2.05, 4.69) is 33.4 Å². The zero-order valence-corrected chi connectivity index (χ0v) is 15.1. The summed E-state index contributed by atoms with van der Waals surface area (Å²) < 4.78 is 12.1. The molecule has 0 saturated carbocycles. The minimum atomic E-state index is -0.0679. The first kappa shape index (κ1) is 15.0. The maximum Gasteiger partial charge on any atom is 0.231 e. The van der Waals surface area contributed by atoms with Crippen molar-refractivity contribution in [1.82, 2.24) is 0 Å². The molecule has 3 aliphatic rings. The molecule has 4 nitrogen and oxygen atoms in total. The Kier molecular flexibility index (Phi) is 3.38. The Morgan fingerprint density at radius 1 is 1.04 bits per heavy atom. The minimum absolute atomic E-state index is 0.0679. The quantitative estimate of drug-likeness (QED) is 0.754. The van der Waals surface area contributed by atoms with Crippen LogP contribution in [-0.2, 0) is 4.79 Å². The topological polar surface area (TPSA) is 47.6 Å². The molecule has 2 aromatic carbocycles. The molecule has 0 aromatic heterocycles. The van der Waals surface area contributed by atoms with Gasteiger partial charge in [-0.05, 0) is 42.2 Å². The van der Waals surface area contributed by atoms with E-state index in [1.54, 1.807) is 0 Å². The van der Waals surface area contributed by atoms with E-state index >= 15 is 0 Å². The average Bonchev–Trinajstić information content (AvgIpc) is 3.06. The van der Waals surface area contributed by atoms with Gasteiger partial charge in [0.05, 0.1) is 0 Å². The number of fused-ring (bicyclic) bond motifs is 2. The Morgan fingerprint density at radius 3 is 2.60 bits per heavy atom. The SMILES string of the molecule is O=C1CCCC2=C1[C@H](c1ccc(Br)cc1)c1cc3c(cc1N2)OCO3.